The molecule has 0 aliphatic rings. The number of nitrogens with one attached hydrogen (secondary N) is 1. The summed E-state index contributed by atoms with van der Waals surface area (Å²) in [4.78, 5) is 12.0. The van der Waals surface area contributed by atoms with Gasteiger partial charge in [-0.3, -0.25) is 4.98 Å². The molecule has 0 spiro atoms. The van der Waals surface area contributed by atoms with E-state index in [0.29, 0.717) is 0 Å². The Bertz CT molecular complexity index is 1230. The van der Waals surface area contributed by atoms with Crippen LogP contribution in [0, 0.1) is 0 Å². The minimum Gasteiger partial charge on any atom is -0.457 e. The van der Waals surface area contributed by atoms with Gasteiger partial charge in [0.1, 0.15) is 17.1 Å². The number of aromatic amines is 1. The summed E-state index contributed by atoms with van der Waals surface area (Å²) in [6.45, 7) is 0. The Balaban J connectivity index is 1.61. The summed E-state index contributed by atoms with van der Waals surface area (Å²) in [6.07, 6.45) is 7.47. The molecule has 0 atom stereocenters. The number of aromatic nitrogens is 3. The molecule has 134 valence electrons. The number of hydrogen-bond acceptors (Lipinski definition) is 3. The van der Waals surface area contributed by atoms with Crippen LogP contribution in [-0.4, -0.2) is 15.0 Å². The Morgan fingerprint density at radius 3 is 2.39 bits per heavy atom. The zero-order valence-electron chi connectivity index (χ0n) is 15.0. The normalized spacial score (nSPS) is 10.9. The van der Waals surface area contributed by atoms with Gasteiger partial charge in [0, 0.05) is 46.9 Å². The van der Waals surface area contributed by atoms with Crippen molar-refractivity contribution in [2.24, 2.45) is 0 Å². The second-order valence-corrected chi connectivity index (χ2v) is 6.47. The molecule has 0 bridgehead atoms. The van der Waals surface area contributed by atoms with Crippen LogP contribution >= 0.6 is 0 Å². The zero-order valence-corrected chi connectivity index (χ0v) is 15.0. The Morgan fingerprint density at radius 1 is 0.750 bits per heavy atom. The molecule has 0 unspecified atom stereocenters. The lowest BCUT2D eigenvalue weighted by atomic mass is 10.0. The minimum absolute atomic E-state index is 0.802. The molecule has 0 aliphatic carbocycles. The first-order valence-corrected chi connectivity index (χ1v) is 9.08. The maximum atomic E-state index is 6.13. The van der Waals surface area contributed by atoms with E-state index in [-0.39, 0.29) is 0 Å². The fourth-order valence-corrected chi connectivity index (χ4v) is 3.33. The van der Waals surface area contributed by atoms with Crippen LogP contribution in [0.4, 0.5) is 0 Å². The van der Waals surface area contributed by atoms with Gasteiger partial charge in [-0.25, -0.2) is 4.98 Å². The molecule has 4 heteroatoms. The number of ether oxygens (including phenoxy) is 1. The lowest BCUT2D eigenvalue weighted by molar-refractivity contribution is 0.484. The summed E-state index contributed by atoms with van der Waals surface area (Å²) in [6, 6.07) is 24.0. The van der Waals surface area contributed by atoms with Gasteiger partial charge < -0.3 is 9.72 Å². The number of H-pyrrole nitrogens is 1. The van der Waals surface area contributed by atoms with Crippen LogP contribution in [0.2, 0.25) is 0 Å². The Labute approximate surface area is 162 Å². The van der Waals surface area contributed by atoms with Gasteiger partial charge in [-0.15, -0.1) is 0 Å². The highest BCUT2D eigenvalue weighted by Gasteiger charge is 2.12. The minimum atomic E-state index is 0.802. The molecule has 0 fully saturated rings. The van der Waals surface area contributed by atoms with Gasteiger partial charge in [-0.2, -0.15) is 0 Å². The first-order valence-electron chi connectivity index (χ1n) is 9.08. The maximum Gasteiger partial charge on any atom is 0.137 e. The molecule has 0 amide bonds. The van der Waals surface area contributed by atoms with Crippen molar-refractivity contribution < 1.29 is 4.74 Å². The molecule has 0 saturated heterocycles. The summed E-state index contributed by atoms with van der Waals surface area (Å²) in [5.74, 6) is 1.61. The number of para-hydroxylation sites is 2. The number of benzene rings is 2. The Morgan fingerprint density at radius 2 is 1.54 bits per heavy atom. The fraction of sp³-hybridized carbons (Fsp3) is 0. The van der Waals surface area contributed by atoms with Crippen LogP contribution in [0.25, 0.3) is 33.3 Å². The number of rotatable bonds is 4. The van der Waals surface area contributed by atoms with E-state index in [1.807, 2.05) is 73.1 Å². The van der Waals surface area contributed by atoms with E-state index < -0.39 is 0 Å². The van der Waals surface area contributed by atoms with Crippen LogP contribution in [0.3, 0.4) is 0 Å². The quantitative estimate of drug-likeness (QED) is 0.421. The zero-order chi connectivity index (χ0) is 18.8. The smallest absolute Gasteiger partial charge is 0.137 e. The molecular formula is C24H17N3O. The van der Waals surface area contributed by atoms with Gasteiger partial charge in [-0.1, -0.05) is 36.4 Å². The summed E-state index contributed by atoms with van der Waals surface area (Å²) >= 11 is 0. The summed E-state index contributed by atoms with van der Waals surface area (Å²) < 4.78 is 6.13. The van der Waals surface area contributed by atoms with Gasteiger partial charge in [0.15, 0.2) is 0 Å². The lowest BCUT2D eigenvalue weighted by Crippen LogP contribution is -1.89. The SMILES string of the molecule is c1ccc(Oc2ccccc2-c2cnc3[nH]cc(-c4ccncc4)c3c2)cc1. The molecule has 0 aliphatic heterocycles. The molecule has 1 N–H and O–H groups in total. The summed E-state index contributed by atoms with van der Waals surface area (Å²) in [7, 11) is 0. The lowest BCUT2D eigenvalue weighted by Gasteiger charge is -2.11. The first-order chi connectivity index (χ1) is 13.9. The fourth-order valence-electron chi connectivity index (χ4n) is 3.33. The predicted molar refractivity (Wildman–Crippen MR) is 111 cm³/mol. The average molecular weight is 363 g/mol. The van der Waals surface area contributed by atoms with Crippen molar-refractivity contribution in [3.8, 4) is 33.8 Å². The standard InChI is InChI=1S/C24H17N3O/c1-2-6-19(7-3-1)28-23-9-5-4-8-20(23)18-14-21-22(16-27-24(21)26-15-18)17-10-12-25-13-11-17/h1-16H,(H,26,27). The molecule has 3 aromatic heterocycles. The van der Waals surface area contributed by atoms with Gasteiger partial charge in [0.05, 0.1) is 0 Å². The molecule has 28 heavy (non-hydrogen) atoms. The molecule has 2 aromatic carbocycles. The van der Waals surface area contributed by atoms with Crippen molar-refractivity contribution in [3.05, 3.63) is 97.6 Å². The van der Waals surface area contributed by atoms with Gasteiger partial charge >= 0.3 is 0 Å². The number of fused-ring (bicyclic) bond motifs is 1. The number of pyridine rings is 2. The van der Waals surface area contributed by atoms with E-state index >= 15 is 0 Å². The second-order valence-electron chi connectivity index (χ2n) is 6.47. The van der Waals surface area contributed by atoms with Crippen molar-refractivity contribution in [2.75, 3.05) is 0 Å². The highest BCUT2D eigenvalue weighted by atomic mass is 16.5. The van der Waals surface area contributed by atoms with Crippen molar-refractivity contribution in [3.63, 3.8) is 0 Å². The van der Waals surface area contributed by atoms with E-state index in [4.69, 9.17) is 4.74 Å². The van der Waals surface area contributed by atoms with Crippen LogP contribution < -0.4 is 4.74 Å². The molecule has 0 radical (unpaired) electrons. The van der Waals surface area contributed by atoms with E-state index in [9.17, 15) is 0 Å². The summed E-state index contributed by atoms with van der Waals surface area (Å²) in [5, 5.41) is 1.07. The molecule has 5 aromatic rings. The average Bonchev–Trinajstić information content (AvgIpc) is 3.19. The third kappa shape index (κ3) is 3.01. The molecule has 3 heterocycles. The maximum absolute atomic E-state index is 6.13. The van der Waals surface area contributed by atoms with Crippen LogP contribution in [0.15, 0.2) is 97.6 Å². The van der Waals surface area contributed by atoms with Gasteiger partial charge in [0.25, 0.3) is 0 Å². The van der Waals surface area contributed by atoms with Gasteiger partial charge in [0.2, 0.25) is 0 Å². The molecule has 0 saturated carbocycles. The highest BCUT2D eigenvalue weighted by molar-refractivity contribution is 5.96. The van der Waals surface area contributed by atoms with Crippen molar-refractivity contribution >= 4 is 11.0 Å². The van der Waals surface area contributed by atoms with E-state index in [2.05, 4.69) is 27.1 Å². The number of hydrogen-bond donors (Lipinski definition) is 1. The van der Waals surface area contributed by atoms with E-state index in [1.54, 1.807) is 12.4 Å². The van der Waals surface area contributed by atoms with Crippen LogP contribution in [0.5, 0.6) is 11.5 Å². The van der Waals surface area contributed by atoms with Gasteiger partial charge in [-0.05, 0) is 42.0 Å². The molecule has 5 rings (SSSR count). The predicted octanol–water partition coefficient (Wildman–Crippen LogP) is 6.08. The second kappa shape index (κ2) is 7.00. The molecular weight excluding hydrogens is 346 g/mol. The monoisotopic (exact) mass is 363 g/mol. The van der Waals surface area contributed by atoms with Crippen molar-refractivity contribution in [2.45, 2.75) is 0 Å². The third-order valence-electron chi connectivity index (χ3n) is 4.69. The van der Waals surface area contributed by atoms with E-state index in [0.717, 1.165) is 44.8 Å². The Hall–Kier alpha value is -3.92. The third-order valence-corrected chi connectivity index (χ3v) is 4.69. The van der Waals surface area contributed by atoms with Crippen LogP contribution in [-0.2, 0) is 0 Å². The highest BCUT2D eigenvalue weighted by Crippen LogP contribution is 2.36. The number of nitrogens with zero attached hydrogens (tertiary/aromatic N) is 2. The van der Waals surface area contributed by atoms with Crippen molar-refractivity contribution in [1.82, 2.24) is 15.0 Å². The van der Waals surface area contributed by atoms with E-state index in [1.165, 1.54) is 0 Å². The first kappa shape index (κ1) is 16.3. The topological polar surface area (TPSA) is 50.8 Å². The summed E-state index contributed by atoms with van der Waals surface area (Å²) in [5.41, 5.74) is 5.08. The molecule has 4 nitrogen and oxygen atoms in total. The van der Waals surface area contributed by atoms with Crippen molar-refractivity contribution in [1.29, 1.82) is 0 Å². The largest absolute Gasteiger partial charge is 0.457 e. The Kier molecular flexibility index (Phi) is 4.07. The van der Waals surface area contributed by atoms with Crippen LogP contribution in [0.1, 0.15) is 0 Å².